The third-order valence-electron chi connectivity index (χ3n) is 5.41. The Morgan fingerprint density at radius 3 is 2.78 bits per heavy atom. The molecule has 1 saturated carbocycles. The van der Waals surface area contributed by atoms with Crippen LogP contribution in [-0.4, -0.2) is 32.5 Å². The number of nitrogens with zero attached hydrogens (tertiary/aromatic N) is 3. The smallest absolute Gasteiger partial charge is 0.251 e. The average molecular weight is 434 g/mol. The van der Waals surface area contributed by atoms with Crippen LogP contribution in [0.4, 0.5) is 5.69 Å². The van der Waals surface area contributed by atoms with E-state index in [2.05, 4.69) is 20.6 Å². The van der Waals surface area contributed by atoms with Crippen molar-refractivity contribution in [2.45, 2.75) is 51.3 Å². The zero-order valence-corrected chi connectivity index (χ0v) is 17.9. The fourth-order valence-electron chi connectivity index (χ4n) is 3.66. The highest BCUT2D eigenvalue weighted by Gasteiger charge is 2.17. The summed E-state index contributed by atoms with van der Waals surface area (Å²) in [6.45, 7) is 0.904. The van der Waals surface area contributed by atoms with Crippen LogP contribution >= 0.6 is 0 Å². The van der Waals surface area contributed by atoms with Crippen LogP contribution < -0.4 is 15.4 Å². The molecule has 8 nitrogen and oxygen atoms in total. The van der Waals surface area contributed by atoms with Crippen LogP contribution in [0.25, 0.3) is 0 Å². The van der Waals surface area contributed by atoms with Crippen molar-refractivity contribution in [2.75, 3.05) is 5.32 Å². The van der Waals surface area contributed by atoms with Gasteiger partial charge in [-0.05, 0) is 49.4 Å². The van der Waals surface area contributed by atoms with E-state index in [-0.39, 0.29) is 17.9 Å². The zero-order chi connectivity index (χ0) is 22.2. The molecule has 0 radical (unpaired) electrons. The van der Waals surface area contributed by atoms with Gasteiger partial charge in [0.05, 0.1) is 6.33 Å². The predicted molar refractivity (Wildman–Crippen MR) is 120 cm³/mol. The molecule has 1 aromatic carbocycles. The Kier molecular flexibility index (Phi) is 7.12. The maximum Gasteiger partial charge on any atom is 0.251 e. The molecule has 0 saturated heterocycles. The highest BCUT2D eigenvalue weighted by Crippen LogP contribution is 2.22. The summed E-state index contributed by atoms with van der Waals surface area (Å²) in [5.74, 6) is 0.288. The van der Waals surface area contributed by atoms with Gasteiger partial charge in [-0.25, -0.2) is 9.97 Å². The number of hydrogen-bond acceptors (Lipinski definition) is 5. The van der Waals surface area contributed by atoms with Crippen molar-refractivity contribution in [3.63, 3.8) is 0 Å². The SMILES string of the molecule is O=C(CCn1ccnc1)Nc1cccc(C(=O)NCc2ccc(OC3CCCC3)nc2)c1. The standard InChI is InChI=1S/C24H27N5O3/c30-22(10-12-29-13-11-25-17-29)28-20-5-3-4-19(14-20)24(31)27-16-18-8-9-23(26-15-18)32-21-6-1-2-7-21/h3-5,8-9,11,13-15,17,21H,1-2,6-7,10,12,16H2,(H,27,31)(H,28,30). The number of amides is 2. The molecule has 0 bridgehead atoms. The lowest BCUT2D eigenvalue weighted by Crippen LogP contribution is -2.23. The molecule has 3 aromatic rings. The maximum absolute atomic E-state index is 12.6. The third-order valence-corrected chi connectivity index (χ3v) is 5.41. The van der Waals surface area contributed by atoms with E-state index in [1.165, 1.54) is 12.8 Å². The van der Waals surface area contributed by atoms with Crippen molar-refractivity contribution in [1.82, 2.24) is 19.9 Å². The Bertz CT molecular complexity index is 1030. The van der Waals surface area contributed by atoms with Gasteiger partial charge in [0, 0.05) is 55.4 Å². The lowest BCUT2D eigenvalue weighted by Gasteiger charge is -2.12. The largest absolute Gasteiger partial charge is 0.474 e. The van der Waals surface area contributed by atoms with Crippen LogP contribution in [0.1, 0.15) is 48.0 Å². The zero-order valence-electron chi connectivity index (χ0n) is 17.9. The Hall–Kier alpha value is -3.68. The van der Waals surface area contributed by atoms with Crippen LogP contribution in [0, 0.1) is 0 Å². The van der Waals surface area contributed by atoms with Gasteiger partial charge in [-0.3, -0.25) is 9.59 Å². The molecule has 32 heavy (non-hydrogen) atoms. The molecular formula is C24H27N5O3. The lowest BCUT2D eigenvalue weighted by molar-refractivity contribution is -0.116. The molecule has 2 N–H and O–H groups in total. The first kappa shape index (κ1) is 21.5. The van der Waals surface area contributed by atoms with Crippen molar-refractivity contribution in [1.29, 1.82) is 0 Å². The summed E-state index contributed by atoms with van der Waals surface area (Å²) in [7, 11) is 0. The van der Waals surface area contributed by atoms with Gasteiger partial charge in [0.15, 0.2) is 0 Å². The number of aromatic nitrogens is 3. The van der Waals surface area contributed by atoms with Crippen LogP contribution in [0.5, 0.6) is 5.88 Å². The van der Waals surface area contributed by atoms with Gasteiger partial charge in [0.1, 0.15) is 6.10 Å². The van der Waals surface area contributed by atoms with Gasteiger partial charge >= 0.3 is 0 Å². The normalized spacial score (nSPS) is 13.6. The van der Waals surface area contributed by atoms with E-state index < -0.39 is 0 Å². The topological polar surface area (TPSA) is 98.1 Å². The number of aryl methyl sites for hydroxylation is 1. The van der Waals surface area contributed by atoms with E-state index in [0.29, 0.717) is 36.6 Å². The number of nitrogens with one attached hydrogen (secondary N) is 2. The lowest BCUT2D eigenvalue weighted by atomic mass is 10.1. The molecular weight excluding hydrogens is 406 g/mol. The number of imidazole rings is 1. The van der Waals surface area contributed by atoms with Gasteiger partial charge in [-0.15, -0.1) is 0 Å². The molecule has 0 atom stereocenters. The van der Waals surface area contributed by atoms with E-state index in [1.54, 1.807) is 43.0 Å². The summed E-state index contributed by atoms with van der Waals surface area (Å²) in [5, 5.41) is 5.72. The molecule has 1 aliphatic carbocycles. The number of benzene rings is 1. The average Bonchev–Trinajstić information content (AvgIpc) is 3.52. The van der Waals surface area contributed by atoms with Crippen molar-refractivity contribution >= 4 is 17.5 Å². The number of hydrogen-bond donors (Lipinski definition) is 2. The van der Waals surface area contributed by atoms with E-state index >= 15 is 0 Å². The van der Waals surface area contributed by atoms with Gasteiger partial charge in [0.2, 0.25) is 11.8 Å². The minimum atomic E-state index is -0.217. The molecule has 0 unspecified atom stereocenters. The highest BCUT2D eigenvalue weighted by atomic mass is 16.5. The number of rotatable bonds is 9. The Morgan fingerprint density at radius 2 is 2.03 bits per heavy atom. The molecule has 166 valence electrons. The summed E-state index contributed by atoms with van der Waals surface area (Å²) < 4.78 is 7.71. The predicted octanol–water partition coefficient (Wildman–Crippen LogP) is 3.56. The first-order valence-corrected chi connectivity index (χ1v) is 10.9. The van der Waals surface area contributed by atoms with Crippen molar-refractivity contribution in [3.05, 3.63) is 72.4 Å². The molecule has 8 heteroatoms. The number of ether oxygens (including phenoxy) is 1. The van der Waals surface area contributed by atoms with Gasteiger partial charge in [-0.1, -0.05) is 12.1 Å². The number of carbonyl (C=O) groups is 2. The maximum atomic E-state index is 12.6. The Morgan fingerprint density at radius 1 is 1.16 bits per heavy atom. The summed E-state index contributed by atoms with van der Waals surface area (Å²) in [6, 6.07) is 10.7. The van der Waals surface area contributed by atoms with Crippen molar-refractivity contribution in [3.8, 4) is 5.88 Å². The monoisotopic (exact) mass is 433 g/mol. The Labute approximate surface area is 187 Å². The highest BCUT2D eigenvalue weighted by molar-refractivity contribution is 5.97. The second kappa shape index (κ2) is 10.6. The second-order valence-corrected chi connectivity index (χ2v) is 7.89. The quantitative estimate of drug-likeness (QED) is 0.538. The fraction of sp³-hybridized carbons (Fsp3) is 0.333. The molecule has 1 fully saturated rings. The molecule has 2 aromatic heterocycles. The number of pyridine rings is 1. The van der Waals surface area contributed by atoms with Gasteiger partial charge in [0.25, 0.3) is 5.91 Å². The Balaban J connectivity index is 1.25. The minimum Gasteiger partial charge on any atom is -0.474 e. The molecule has 0 aliphatic heterocycles. The van der Waals surface area contributed by atoms with E-state index in [1.807, 2.05) is 22.9 Å². The van der Waals surface area contributed by atoms with E-state index in [0.717, 1.165) is 18.4 Å². The van der Waals surface area contributed by atoms with Crippen molar-refractivity contribution < 1.29 is 14.3 Å². The van der Waals surface area contributed by atoms with Gasteiger partial charge in [-0.2, -0.15) is 0 Å². The van der Waals surface area contributed by atoms with Crippen molar-refractivity contribution in [2.24, 2.45) is 0 Å². The van der Waals surface area contributed by atoms with Crippen LogP contribution in [0.2, 0.25) is 0 Å². The first-order chi connectivity index (χ1) is 15.7. The van der Waals surface area contributed by atoms with Crippen LogP contribution in [0.3, 0.4) is 0 Å². The van der Waals surface area contributed by atoms with Crippen LogP contribution in [-0.2, 0) is 17.9 Å². The molecule has 0 spiro atoms. The number of anilines is 1. The number of carbonyl (C=O) groups excluding carboxylic acids is 2. The van der Waals surface area contributed by atoms with E-state index in [9.17, 15) is 9.59 Å². The first-order valence-electron chi connectivity index (χ1n) is 10.9. The van der Waals surface area contributed by atoms with Gasteiger partial charge < -0.3 is 19.9 Å². The summed E-state index contributed by atoms with van der Waals surface area (Å²) in [4.78, 5) is 33.0. The summed E-state index contributed by atoms with van der Waals surface area (Å²) in [6.07, 6.45) is 12.1. The summed E-state index contributed by atoms with van der Waals surface area (Å²) in [5.41, 5.74) is 1.95. The van der Waals surface area contributed by atoms with Crippen LogP contribution in [0.15, 0.2) is 61.3 Å². The molecule has 2 amide bonds. The van der Waals surface area contributed by atoms with E-state index in [4.69, 9.17) is 4.74 Å². The summed E-state index contributed by atoms with van der Waals surface area (Å²) >= 11 is 0. The molecule has 4 rings (SSSR count). The second-order valence-electron chi connectivity index (χ2n) is 7.89. The fourth-order valence-corrected chi connectivity index (χ4v) is 3.66. The minimum absolute atomic E-state index is 0.123. The molecule has 1 aliphatic rings. The molecule has 2 heterocycles. The third kappa shape index (κ3) is 6.16.